The molecule has 0 saturated carbocycles. The normalized spacial score (nSPS) is 11.0. The van der Waals surface area contributed by atoms with Crippen LogP contribution in [0.4, 0.5) is 5.95 Å². The Morgan fingerprint density at radius 3 is 2.23 bits per heavy atom. The zero-order valence-corrected chi connectivity index (χ0v) is 17.9. The van der Waals surface area contributed by atoms with Crippen LogP contribution in [-0.2, 0) is 6.54 Å². The van der Waals surface area contributed by atoms with E-state index in [-0.39, 0.29) is 0 Å². The molecule has 7 nitrogen and oxygen atoms in total. The van der Waals surface area contributed by atoms with Gasteiger partial charge >= 0.3 is 0 Å². The minimum atomic E-state index is 0.448. The maximum Gasteiger partial charge on any atom is 0.201 e. The molecule has 156 valence electrons. The molecule has 0 bridgehead atoms. The molecule has 0 aliphatic carbocycles. The largest absolute Gasteiger partial charge is 0.496 e. The van der Waals surface area contributed by atoms with Gasteiger partial charge in [0.15, 0.2) is 0 Å². The van der Waals surface area contributed by atoms with Crippen molar-refractivity contribution in [1.29, 1.82) is 0 Å². The van der Waals surface area contributed by atoms with Gasteiger partial charge < -0.3 is 29.2 Å². The number of benzene rings is 3. The lowest BCUT2D eigenvalue weighted by molar-refractivity contribution is 0.390. The van der Waals surface area contributed by atoms with Crippen LogP contribution in [0, 0.1) is 0 Å². The molecule has 0 amide bonds. The summed E-state index contributed by atoms with van der Waals surface area (Å²) in [6, 6.07) is 11.2. The highest BCUT2D eigenvalue weighted by atomic mass is 35.5. The molecule has 0 aliphatic rings. The van der Waals surface area contributed by atoms with Gasteiger partial charge in [0.2, 0.25) is 5.95 Å². The maximum atomic E-state index is 6.06. The Bertz CT molecular complexity index is 1220. The van der Waals surface area contributed by atoms with Crippen molar-refractivity contribution in [3.05, 3.63) is 47.0 Å². The summed E-state index contributed by atoms with van der Waals surface area (Å²) in [6.45, 7) is 0.448. The second kappa shape index (κ2) is 8.20. The number of rotatable bonds is 7. The van der Waals surface area contributed by atoms with Gasteiger partial charge in [-0.1, -0.05) is 11.6 Å². The molecule has 0 atom stereocenters. The van der Waals surface area contributed by atoms with Crippen LogP contribution in [0.3, 0.4) is 0 Å². The number of hydrogen-bond donors (Lipinski definition) is 2. The lowest BCUT2D eigenvalue weighted by Gasteiger charge is -2.19. The van der Waals surface area contributed by atoms with Crippen molar-refractivity contribution in [3.8, 4) is 23.0 Å². The maximum absolute atomic E-state index is 6.06. The minimum absolute atomic E-state index is 0.448. The Morgan fingerprint density at radius 1 is 0.867 bits per heavy atom. The molecule has 4 aromatic rings. The molecule has 1 aromatic heterocycles. The van der Waals surface area contributed by atoms with E-state index < -0.39 is 0 Å². The Morgan fingerprint density at radius 2 is 1.57 bits per heavy atom. The van der Waals surface area contributed by atoms with Crippen molar-refractivity contribution < 1.29 is 18.9 Å². The van der Waals surface area contributed by atoms with E-state index in [9.17, 15) is 0 Å². The fourth-order valence-corrected chi connectivity index (χ4v) is 3.76. The summed E-state index contributed by atoms with van der Waals surface area (Å²) in [4.78, 5) is 7.78. The Kier molecular flexibility index (Phi) is 5.46. The van der Waals surface area contributed by atoms with Crippen molar-refractivity contribution >= 4 is 39.4 Å². The number of ether oxygens (including phenoxy) is 4. The predicted molar refractivity (Wildman–Crippen MR) is 119 cm³/mol. The van der Waals surface area contributed by atoms with Gasteiger partial charge in [0.05, 0.1) is 50.2 Å². The van der Waals surface area contributed by atoms with Gasteiger partial charge in [-0.05, 0) is 36.4 Å². The van der Waals surface area contributed by atoms with Crippen LogP contribution >= 0.6 is 11.6 Å². The van der Waals surface area contributed by atoms with Gasteiger partial charge in [-0.2, -0.15) is 0 Å². The Labute approximate surface area is 178 Å². The first-order valence-electron chi connectivity index (χ1n) is 9.27. The fraction of sp³-hybridized carbons (Fsp3) is 0.227. The zero-order valence-electron chi connectivity index (χ0n) is 17.1. The van der Waals surface area contributed by atoms with Crippen LogP contribution < -0.4 is 24.3 Å². The van der Waals surface area contributed by atoms with Gasteiger partial charge in [-0.25, -0.2) is 4.98 Å². The van der Waals surface area contributed by atoms with E-state index in [1.54, 1.807) is 28.4 Å². The highest BCUT2D eigenvalue weighted by molar-refractivity contribution is 6.31. The van der Waals surface area contributed by atoms with Crippen molar-refractivity contribution in [1.82, 2.24) is 9.97 Å². The summed E-state index contributed by atoms with van der Waals surface area (Å²) >= 11 is 6.06. The average molecular weight is 428 g/mol. The summed E-state index contributed by atoms with van der Waals surface area (Å²) < 4.78 is 22.6. The molecule has 0 radical (unpaired) electrons. The molecule has 30 heavy (non-hydrogen) atoms. The number of fused-ring (bicyclic) bond motifs is 2. The van der Waals surface area contributed by atoms with E-state index in [1.165, 1.54) is 0 Å². The van der Waals surface area contributed by atoms with Crippen molar-refractivity contribution in [2.45, 2.75) is 6.54 Å². The molecule has 3 aromatic carbocycles. The third-order valence-electron chi connectivity index (χ3n) is 4.95. The number of nitrogens with zero attached hydrogens (tertiary/aromatic N) is 1. The number of aromatic nitrogens is 2. The monoisotopic (exact) mass is 427 g/mol. The van der Waals surface area contributed by atoms with Gasteiger partial charge in [0.1, 0.15) is 23.0 Å². The van der Waals surface area contributed by atoms with Crippen LogP contribution in [0.2, 0.25) is 5.02 Å². The summed E-state index contributed by atoms with van der Waals surface area (Å²) in [5.74, 6) is 3.31. The van der Waals surface area contributed by atoms with Crippen molar-refractivity contribution in [2.24, 2.45) is 0 Å². The number of methoxy groups -OCH3 is 4. The summed E-state index contributed by atoms with van der Waals surface area (Å²) in [5, 5.41) is 5.52. The van der Waals surface area contributed by atoms with E-state index in [0.717, 1.165) is 27.4 Å². The number of hydrogen-bond acceptors (Lipinski definition) is 6. The number of imidazole rings is 1. The molecular weight excluding hydrogens is 406 g/mol. The smallest absolute Gasteiger partial charge is 0.201 e. The first kappa shape index (κ1) is 20.0. The average Bonchev–Trinajstić information content (AvgIpc) is 3.17. The van der Waals surface area contributed by atoms with Crippen LogP contribution in [0.15, 0.2) is 36.4 Å². The van der Waals surface area contributed by atoms with Gasteiger partial charge in [-0.15, -0.1) is 0 Å². The molecule has 2 N–H and O–H groups in total. The summed E-state index contributed by atoms with van der Waals surface area (Å²) in [5.41, 5.74) is 2.57. The minimum Gasteiger partial charge on any atom is -0.496 e. The number of aromatic amines is 1. The molecule has 1 heterocycles. The van der Waals surface area contributed by atoms with E-state index >= 15 is 0 Å². The highest BCUT2D eigenvalue weighted by Gasteiger charge is 2.21. The second-order valence-electron chi connectivity index (χ2n) is 6.59. The van der Waals surface area contributed by atoms with Crippen LogP contribution in [0.25, 0.3) is 21.8 Å². The second-order valence-corrected chi connectivity index (χ2v) is 7.03. The van der Waals surface area contributed by atoms with E-state index in [1.807, 2.05) is 36.4 Å². The van der Waals surface area contributed by atoms with E-state index in [2.05, 4.69) is 15.3 Å². The fourth-order valence-electron chi connectivity index (χ4n) is 3.60. The molecule has 0 aliphatic heterocycles. The number of nitrogens with one attached hydrogen (secondary N) is 2. The lowest BCUT2D eigenvalue weighted by atomic mass is 10.0. The molecular formula is C22H22ClN3O4. The van der Waals surface area contributed by atoms with Gasteiger partial charge in [0.25, 0.3) is 0 Å². The third-order valence-corrected chi connectivity index (χ3v) is 5.19. The van der Waals surface area contributed by atoms with E-state index in [4.69, 9.17) is 30.5 Å². The Hall–Kier alpha value is -3.32. The molecule has 0 unspecified atom stereocenters. The molecule has 0 saturated heterocycles. The SMILES string of the molecule is COc1ccc(OC)c2c(OC)c(CNc3nc4cc(Cl)ccc4[nH]3)cc(OC)c12. The first-order chi connectivity index (χ1) is 14.6. The van der Waals surface area contributed by atoms with Gasteiger partial charge in [-0.3, -0.25) is 0 Å². The van der Waals surface area contributed by atoms with Crippen LogP contribution in [0.5, 0.6) is 23.0 Å². The zero-order chi connectivity index (χ0) is 21.3. The predicted octanol–water partition coefficient (Wildman–Crippen LogP) is 5.02. The van der Waals surface area contributed by atoms with Crippen LogP contribution in [0.1, 0.15) is 5.56 Å². The number of anilines is 1. The molecule has 0 fully saturated rings. The quantitative estimate of drug-likeness (QED) is 0.431. The molecule has 0 spiro atoms. The Balaban J connectivity index is 1.79. The summed E-state index contributed by atoms with van der Waals surface area (Å²) in [6.07, 6.45) is 0. The standard InChI is InChI=1S/C22H22ClN3O4/c1-27-16-7-8-17(28-2)20-19(16)18(29-3)9-12(21(20)30-4)11-24-22-25-14-6-5-13(23)10-15(14)26-22/h5-10H,11H2,1-4H3,(H2,24,25,26). The lowest BCUT2D eigenvalue weighted by Crippen LogP contribution is -2.05. The van der Waals surface area contributed by atoms with Gasteiger partial charge in [0, 0.05) is 17.1 Å². The highest BCUT2D eigenvalue weighted by Crippen LogP contribution is 2.46. The number of H-pyrrole nitrogens is 1. The van der Waals surface area contributed by atoms with E-state index in [0.29, 0.717) is 40.5 Å². The molecule has 8 heteroatoms. The van der Waals surface area contributed by atoms with Crippen molar-refractivity contribution in [2.75, 3.05) is 33.8 Å². The van der Waals surface area contributed by atoms with Crippen LogP contribution in [-0.4, -0.2) is 38.4 Å². The number of halogens is 1. The first-order valence-corrected chi connectivity index (χ1v) is 9.65. The third kappa shape index (κ3) is 3.41. The topological polar surface area (TPSA) is 77.6 Å². The molecule has 4 rings (SSSR count). The summed E-state index contributed by atoms with van der Waals surface area (Å²) in [7, 11) is 6.50. The van der Waals surface area contributed by atoms with Crippen molar-refractivity contribution in [3.63, 3.8) is 0 Å².